The molecule has 22 heteroatoms. The van der Waals surface area contributed by atoms with Gasteiger partial charge in [0.1, 0.15) is 24.2 Å². The molecule has 13 nitrogen and oxygen atoms in total. The van der Waals surface area contributed by atoms with E-state index in [1.807, 2.05) is 5.32 Å². The summed E-state index contributed by atoms with van der Waals surface area (Å²) in [4.78, 5) is 38.9. The van der Waals surface area contributed by atoms with E-state index in [0.29, 0.717) is 11.3 Å². The van der Waals surface area contributed by atoms with Gasteiger partial charge in [0.05, 0.1) is 28.7 Å². The number of hydrogen-bond acceptors (Lipinski definition) is 9. The summed E-state index contributed by atoms with van der Waals surface area (Å²) in [5.74, 6) is -2.08. The van der Waals surface area contributed by atoms with Crippen molar-refractivity contribution < 1.29 is 49.4 Å². The Morgan fingerprint density at radius 2 is 1.83 bits per heavy atom. The number of carbonyl (C=O) groups is 2. The Labute approximate surface area is 330 Å². The smallest absolute Gasteiger partial charge is 0.411 e. The largest absolute Gasteiger partial charge is 0.447 e. The second kappa shape index (κ2) is 14.0. The molecule has 2 aromatic heterocycles. The number of guanidine groups is 1. The van der Waals surface area contributed by atoms with E-state index in [4.69, 9.17) is 22.1 Å². The topological polar surface area (TPSA) is 158 Å². The molecule has 2 saturated carbocycles. The normalized spacial score (nSPS) is 23.9. The first-order valence-electron chi connectivity index (χ1n) is 18.1. The number of hydrogen-bond donors (Lipinski definition) is 2. The second-order valence-corrected chi connectivity index (χ2v) is 16.2. The number of nitrogens with zero attached hydrogens (tertiary/aromatic N) is 8. The lowest BCUT2D eigenvalue weighted by Gasteiger charge is -2.46. The molecule has 3 aromatic rings. The summed E-state index contributed by atoms with van der Waals surface area (Å²) < 4.78 is 119. The van der Waals surface area contributed by atoms with Crippen LogP contribution in [0.2, 0.25) is 5.02 Å². The first-order chi connectivity index (χ1) is 27.0. The first-order valence-corrected chi connectivity index (χ1v) is 18.5. The Balaban J connectivity index is 1.29. The number of rotatable bonds is 12. The fourth-order valence-corrected chi connectivity index (χ4v) is 7.47. The molecule has 0 radical (unpaired) electrons. The summed E-state index contributed by atoms with van der Waals surface area (Å²) in [6.07, 6.45) is -3.83. The quantitative estimate of drug-likeness (QED) is 0.176. The Kier molecular flexibility index (Phi) is 9.95. The fourth-order valence-electron chi connectivity index (χ4n) is 7.27. The van der Waals surface area contributed by atoms with Gasteiger partial charge in [-0.1, -0.05) is 56.7 Å². The molecule has 0 spiro atoms. The number of nitrogens with two attached hydrogens (primary N) is 1. The molecule has 3 N–H and O–H groups in total. The number of aromatic nitrogens is 6. The van der Waals surface area contributed by atoms with E-state index in [1.165, 1.54) is 18.2 Å². The summed E-state index contributed by atoms with van der Waals surface area (Å²) in [5, 5.41) is 14.0. The summed E-state index contributed by atoms with van der Waals surface area (Å²) in [7, 11) is 0. The van der Waals surface area contributed by atoms with Gasteiger partial charge in [0.2, 0.25) is 0 Å². The molecule has 4 aliphatic rings. The molecule has 58 heavy (non-hydrogen) atoms. The third kappa shape index (κ3) is 7.18. The van der Waals surface area contributed by atoms with Crippen LogP contribution < -0.4 is 11.1 Å². The number of amides is 2. The zero-order valence-electron chi connectivity index (χ0n) is 31.1. The number of alkyl halides is 8. The fraction of sp³-hybridized carbons (Fsp3) is 0.528. The van der Waals surface area contributed by atoms with Gasteiger partial charge in [0, 0.05) is 11.0 Å². The van der Waals surface area contributed by atoms with Gasteiger partial charge in [-0.05, 0) is 61.8 Å². The highest BCUT2D eigenvalue weighted by Crippen LogP contribution is 2.56. The summed E-state index contributed by atoms with van der Waals surface area (Å²) in [6, 6.07) is 2.31. The highest BCUT2D eigenvalue weighted by atomic mass is 35.5. The van der Waals surface area contributed by atoms with Gasteiger partial charge in [0.25, 0.3) is 5.91 Å². The van der Waals surface area contributed by atoms with Crippen LogP contribution in [0.25, 0.3) is 17.0 Å². The van der Waals surface area contributed by atoms with E-state index in [1.54, 1.807) is 36.1 Å². The predicted octanol–water partition coefficient (Wildman–Crippen LogP) is 7.71. The first kappa shape index (κ1) is 41.1. The molecule has 7 rings (SSSR count). The number of allylic oxidation sites excluding steroid dienone is 3. The van der Waals surface area contributed by atoms with Crippen molar-refractivity contribution in [2.45, 2.75) is 101 Å². The maximum absolute atomic E-state index is 15.2. The second-order valence-electron chi connectivity index (χ2n) is 15.8. The van der Waals surface area contributed by atoms with Crippen molar-refractivity contribution in [2.75, 3.05) is 6.61 Å². The Morgan fingerprint density at radius 1 is 1.12 bits per heavy atom. The van der Waals surface area contributed by atoms with Crippen LogP contribution in [-0.4, -0.2) is 82.7 Å². The third-order valence-electron chi connectivity index (χ3n) is 11.3. The maximum atomic E-state index is 15.2. The molecule has 3 heterocycles. The number of ether oxygens (including phenoxy) is 1. The Hall–Kier alpha value is -5.08. The van der Waals surface area contributed by atoms with Gasteiger partial charge >= 0.3 is 25.0 Å². The van der Waals surface area contributed by atoms with Gasteiger partial charge in [-0.2, -0.15) is 59.9 Å². The number of benzene rings is 1. The number of alkyl carbamates (subject to hydrolysis) is 1. The average Bonchev–Trinajstić information content (AvgIpc) is 4.01. The van der Waals surface area contributed by atoms with Crippen molar-refractivity contribution in [2.24, 2.45) is 21.6 Å². The summed E-state index contributed by atoms with van der Waals surface area (Å²) in [6.45, 7) is -0.726. The zero-order valence-corrected chi connectivity index (χ0v) is 31.8. The van der Waals surface area contributed by atoms with Crippen LogP contribution in [0.15, 0.2) is 53.9 Å². The van der Waals surface area contributed by atoms with E-state index < -0.39 is 96.5 Å². The minimum absolute atomic E-state index is 0.0309. The van der Waals surface area contributed by atoms with Crippen molar-refractivity contribution in [1.82, 2.24) is 40.0 Å². The van der Waals surface area contributed by atoms with Crippen molar-refractivity contribution in [3.63, 3.8) is 0 Å². The van der Waals surface area contributed by atoms with E-state index in [-0.39, 0.29) is 33.3 Å². The molecule has 3 aliphatic carbocycles. The number of carbonyl (C=O) groups excluding carboxylic acids is 2. The van der Waals surface area contributed by atoms with E-state index >= 15 is 4.79 Å². The Bertz CT molecular complexity index is 2210. The van der Waals surface area contributed by atoms with E-state index in [9.17, 15) is 39.9 Å². The van der Waals surface area contributed by atoms with Gasteiger partial charge < -0.3 is 15.8 Å². The highest BCUT2D eigenvalue weighted by molar-refractivity contribution is 6.33. The minimum atomic E-state index is -4.85. The molecule has 2 fully saturated rings. The standard InChI is InChI=1S/C36H37ClF8N10O3/c1-31(2,35(40,41)42)17-34(32(3)10-8-19(9-11-32)24-15-48-55(52-24)21-5-6-21)27(56)53(29(46)50-34)25(16-58-30(57)51-33(12-13-33)36(43,44)45)20-4-7-23(37)22(14-20)26-47-18-49-54(26)28(38)39/h4,7-10,14-15,18,21,25,28H,5-6,11-13,16-17H2,1-3H3,(H2,46,50)(H,51,57)/t25-,32?,34+/m1/s1. The zero-order chi connectivity index (χ0) is 42.2. The third-order valence-corrected chi connectivity index (χ3v) is 11.6. The monoisotopic (exact) mass is 844 g/mol. The Morgan fingerprint density at radius 3 is 2.41 bits per heavy atom. The van der Waals surface area contributed by atoms with Crippen LogP contribution >= 0.6 is 11.6 Å². The minimum Gasteiger partial charge on any atom is -0.447 e. The molecular weight excluding hydrogens is 808 g/mol. The van der Waals surface area contributed by atoms with Crippen molar-refractivity contribution in [3.8, 4) is 11.4 Å². The molecule has 1 unspecified atom stereocenters. The molecule has 312 valence electrons. The summed E-state index contributed by atoms with van der Waals surface area (Å²) in [5.41, 5.74) is -1.43. The van der Waals surface area contributed by atoms with Gasteiger partial charge in [-0.3, -0.25) is 9.69 Å². The van der Waals surface area contributed by atoms with Crippen molar-refractivity contribution >= 4 is 35.1 Å². The molecule has 0 bridgehead atoms. The van der Waals surface area contributed by atoms with Gasteiger partial charge in [-0.25, -0.2) is 14.8 Å². The van der Waals surface area contributed by atoms with Crippen LogP contribution in [0.5, 0.6) is 0 Å². The van der Waals surface area contributed by atoms with Gasteiger partial charge in [0.15, 0.2) is 17.3 Å². The van der Waals surface area contributed by atoms with Crippen LogP contribution in [0.1, 0.15) is 89.2 Å². The number of halogens is 9. The lowest BCUT2D eigenvalue weighted by atomic mass is 9.60. The summed E-state index contributed by atoms with van der Waals surface area (Å²) >= 11 is 6.41. The van der Waals surface area contributed by atoms with Crippen LogP contribution in [-0.2, 0) is 9.53 Å². The average molecular weight is 845 g/mol. The molecule has 2 amide bonds. The highest BCUT2D eigenvalue weighted by Gasteiger charge is 2.66. The molecule has 1 aliphatic heterocycles. The van der Waals surface area contributed by atoms with Crippen LogP contribution in [0.4, 0.5) is 39.9 Å². The predicted molar refractivity (Wildman–Crippen MR) is 191 cm³/mol. The molecule has 1 aromatic carbocycles. The van der Waals surface area contributed by atoms with Crippen LogP contribution in [0.3, 0.4) is 0 Å². The van der Waals surface area contributed by atoms with E-state index in [2.05, 4.69) is 25.3 Å². The van der Waals surface area contributed by atoms with Crippen LogP contribution in [0, 0.1) is 10.8 Å². The SMILES string of the molecule is CC(C)(C[C@]1(C2(C)C=CC(c3cnn(C4CC4)n3)=CC2)N=C(N)N([C@H](COC(=O)NC2(C(F)(F)F)CC2)c2ccc(Cl)c(-c3ncnn3C(F)F)c2)C1=O)C(F)(F)F. The molecule has 0 saturated heterocycles. The maximum Gasteiger partial charge on any atom is 0.411 e. The lowest BCUT2D eigenvalue weighted by Crippen LogP contribution is -2.57. The molecule has 3 atom stereocenters. The number of nitrogens with one attached hydrogen (secondary N) is 1. The van der Waals surface area contributed by atoms with Crippen molar-refractivity contribution in [3.05, 3.63) is 65.2 Å². The van der Waals surface area contributed by atoms with Crippen molar-refractivity contribution in [1.29, 1.82) is 0 Å². The lowest BCUT2D eigenvalue weighted by molar-refractivity contribution is -0.220. The molecular formula is C36H37ClF8N10O3. The van der Waals surface area contributed by atoms with E-state index in [0.717, 1.165) is 37.9 Å². The van der Waals surface area contributed by atoms with Gasteiger partial charge in [-0.15, -0.1) is 0 Å². The number of aliphatic imine (C=N–C) groups is 1.